The van der Waals surface area contributed by atoms with Crippen LogP contribution in [0.4, 0.5) is 11.4 Å². The van der Waals surface area contributed by atoms with Gasteiger partial charge in [-0.1, -0.05) is 23.7 Å². The largest absolute Gasteiger partial charge is 0.489 e. The maximum Gasteiger partial charge on any atom is 0.271 e. The van der Waals surface area contributed by atoms with E-state index in [0.29, 0.717) is 23.1 Å². The zero-order chi connectivity index (χ0) is 22.6. The van der Waals surface area contributed by atoms with Gasteiger partial charge in [-0.3, -0.25) is 9.52 Å². The van der Waals surface area contributed by atoms with E-state index in [9.17, 15) is 13.2 Å². The number of benzene rings is 2. The molecule has 2 aromatic carbocycles. The van der Waals surface area contributed by atoms with Gasteiger partial charge >= 0.3 is 0 Å². The number of hydrogen-bond acceptors (Lipinski definition) is 6. The van der Waals surface area contributed by atoms with Gasteiger partial charge in [-0.15, -0.1) is 11.3 Å². The first-order valence-corrected chi connectivity index (χ1v) is 12.7. The first-order valence-electron chi connectivity index (χ1n) is 9.92. The average Bonchev–Trinajstić information content (AvgIpc) is 3.48. The van der Waals surface area contributed by atoms with Crippen molar-refractivity contribution in [1.29, 1.82) is 0 Å². The molecule has 10 heteroatoms. The molecule has 1 atom stereocenters. The van der Waals surface area contributed by atoms with Gasteiger partial charge < -0.3 is 14.8 Å². The Morgan fingerprint density at radius 1 is 1.19 bits per heavy atom. The molecule has 4 rings (SSSR count). The molecule has 1 saturated heterocycles. The lowest BCUT2D eigenvalue weighted by Crippen LogP contribution is -2.18. The quantitative estimate of drug-likeness (QED) is 0.461. The Kier molecular flexibility index (Phi) is 7.00. The van der Waals surface area contributed by atoms with E-state index in [1.807, 2.05) is 0 Å². The second-order valence-electron chi connectivity index (χ2n) is 7.16. The molecule has 0 spiro atoms. The van der Waals surface area contributed by atoms with E-state index >= 15 is 0 Å². The summed E-state index contributed by atoms with van der Waals surface area (Å²) in [4.78, 5) is 12.9. The van der Waals surface area contributed by atoms with Gasteiger partial charge in [-0.2, -0.15) is 0 Å². The molecule has 0 saturated carbocycles. The molecule has 32 heavy (non-hydrogen) atoms. The molecule has 3 aromatic rings. The van der Waals surface area contributed by atoms with Gasteiger partial charge in [0.15, 0.2) is 0 Å². The van der Waals surface area contributed by atoms with Crippen molar-refractivity contribution in [2.75, 3.05) is 23.3 Å². The second kappa shape index (κ2) is 9.91. The van der Waals surface area contributed by atoms with Gasteiger partial charge in [0.05, 0.1) is 11.8 Å². The van der Waals surface area contributed by atoms with Crippen LogP contribution in [0.1, 0.15) is 23.2 Å². The fourth-order valence-corrected chi connectivity index (χ4v) is 5.44. The molecule has 7 nitrogen and oxygen atoms in total. The van der Waals surface area contributed by atoms with Crippen molar-refractivity contribution in [2.24, 2.45) is 0 Å². The van der Waals surface area contributed by atoms with Gasteiger partial charge in [0.2, 0.25) is 0 Å². The molecule has 1 aliphatic rings. The Bertz CT molecular complexity index is 1190. The molecule has 1 fully saturated rings. The van der Waals surface area contributed by atoms with Crippen LogP contribution < -0.4 is 14.8 Å². The smallest absolute Gasteiger partial charge is 0.271 e. The summed E-state index contributed by atoms with van der Waals surface area (Å²) in [5, 5.41) is 4.93. The van der Waals surface area contributed by atoms with E-state index < -0.39 is 15.9 Å². The van der Waals surface area contributed by atoms with Crippen LogP contribution in [0.15, 0.2) is 64.2 Å². The first kappa shape index (κ1) is 22.6. The summed E-state index contributed by atoms with van der Waals surface area (Å²) in [7, 11) is -3.71. The van der Waals surface area contributed by atoms with Crippen molar-refractivity contribution in [2.45, 2.75) is 23.2 Å². The summed E-state index contributed by atoms with van der Waals surface area (Å²) in [6.07, 6.45) is 1.97. The minimum Gasteiger partial charge on any atom is -0.489 e. The normalized spacial score (nSPS) is 16.0. The van der Waals surface area contributed by atoms with Crippen LogP contribution in [0.3, 0.4) is 0 Å². The van der Waals surface area contributed by atoms with E-state index in [1.54, 1.807) is 47.8 Å². The zero-order valence-corrected chi connectivity index (χ0v) is 19.3. The fourth-order valence-electron chi connectivity index (χ4n) is 3.22. The third kappa shape index (κ3) is 5.60. The lowest BCUT2D eigenvalue weighted by Gasteiger charge is -2.16. The number of rotatable bonds is 8. The van der Waals surface area contributed by atoms with Crippen LogP contribution >= 0.6 is 22.9 Å². The molecule has 2 N–H and O–H groups in total. The van der Waals surface area contributed by atoms with Crippen LogP contribution in [-0.2, 0) is 14.8 Å². The van der Waals surface area contributed by atoms with Crippen molar-refractivity contribution < 1.29 is 22.7 Å². The fraction of sp³-hybridized carbons (Fsp3) is 0.227. The molecule has 0 aliphatic carbocycles. The van der Waals surface area contributed by atoms with Gasteiger partial charge in [-0.05, 0) is 60.7 Å². The first-order chi connectivity index (χ1) is 15.4. The lowest BCUT2D eigenvalue weighted by atomic mass is 10.2. The summed E-state index contributed by atoms with van der Waals surface area (Å²) < 4.78 is 39.0. The number of thiophene rings is 1. The third-order valence-electron chi connectivity index (χ3n) is 4.78. The van der Waals surface area contributed by atoms with Crippen LogP contribution in [0, 0.1) is 0 Å². The van der Waals surface area contributed by atoms with Crippen LogP contribution in [0.2, 0.25) is 5.02 Å². The highest BCUT2D eigenvalue weighted by molar-refractivity contribution is 7.94. The van der Waals surface area contributed by atoms with E-state index in [0.717, 1.165) is 30.8 Å². The molecular formula is C22H21ClN2O5S2. The molecule has 1 unspecified atom stereocenters. The maximum absolute atomic E-state index is 12.9. The molecule has 1 aliphatic heterocycles. The average molecular weight is 493 g/mol. The van der Waals surface area contributed by atoms with Gasteiger partial charge in [0.25, 0.3) is 15.9 Å². The number of nitrogens with one attached hydrogen (secondary N) is 2. The Hall–Kier alpha value is -2.59. The summed E-state index contributed by atoms with van der Waals surface area (Å²) in [6.45, 7) is 1.11. The zero-order valence-electron chi connectivity index (χ0n) is 16.9. The number of anilines is 2. The van der Waals surface area contributed by atoms with E-state index in [-0.39, 0.29) is 21.6 Å². The molecular weight excluding hydrogens is 472 g/mol. The van der Waals surface area contributed by atoms with Crippen molar-refractivity contribution >= 4 is 50.2 Å². The molecule has 1 aromatic heterocycles. The predicted octanol–water partition coefficient (Wildman–Crippen LogP) is 5.01. The van der Waals surface area contributed by atoms with E-state index in [4.69, 9.17) is 21.1 Å². The number of halogens is 1. The van der Waals surface area contributed by atoms with Crippen molar-refractivity contribution in [3.05, 3.63) is 70.6 Å². The van der Waals surface area contributed by atoms with E-state index in [2.05, 4.69) is 10.0 Å². The highest BCUT2D eigenvalue weighted by atomic mass is 35.5. The Morgan fingerprint density at radius 2 is 2.06 bits per heavy atom. The van der Waals surface area contributed by atoms with Crippen molar-refractivity contribution in [3.8, 4) is 5.75 Å². The van der Waals surface area contributed by atoms with Crippen molar-refractivity contribution in [3.63, 3.8) is 0 Å². The molecule has 1 amide bonds. The predicted molar refractivity (Wildman–Crippen MR) is 125 cm³/mol. The number of carbonyl (C=O) groups excluding carboxylic acids is 1. The molecule has 168 valence electrons. The summed E-state index contributed by atoms with van der Waals surface area (Å²) in [5.74, 6) is 0.0548. The number of amides is 1. The monoisotopic (exact) mass is 492 g/mol. The Balaban J connectivity index is 1.48. The number of ether oxygens (including phenoxy) is 2. The Morgan fingerprint density at radius 3 is 2.81 bits per heavy atom. The van der Waals surface area contributed by atoms with E-state index in [1.165, 1.54) is 12.1 Å². The highest BCUT2D eigenvalue weighted by Crippen LogP contribution is 2.30. The van der Waals surface area contributed by atoms with Crippen LogP contribution in [0.5, 0.6) is 5.75 Å². The SMILES string of the molecule is O=C(Nc1cc(Cl)ccc1OCC1CCCO1)c1cccc(NS(=O)(=O)c2cccs2)c1. The third-order valence-corrected chi connectivity index (χ3v) is 7.79. The molecule has 0 bridgehead atoms. The maximum atomic E-state index is 12.9. The van der Waals surface area contributed by atoms with Gasteiger partial charge in [-0.25, -0.2) is 8.42 Å². The molecule has 2 heterocycles. The number of sulfonamides is 1. The standard InChI is InChI=1S/C22H21ClN2O5S2/c23-16-8-9-20(30-14-18-6-2-10-29-18)19(13-16)24-22(26)15-4-1-5-17(12-15)25-32(27,28)21-7-3-11-31-21/h1,3-5,7-9,11-13,18,25H,2,6,10,14H2,(H,24,26). The van der Waals surface area contributed by atoms with Crippen LogP contribution in [-0.4, -0.2) is 33.6 Å². The van der Waals surface area contributed by atoms with Crippen molar-refractivity contribution in [1.82, 2.24) is 0 Å². The summed E-state index contributed by atoms with van der Waals surface area (Å²) in [6, 6.07) is 14.4. The molecule has 0 radical (unpaired) electrons. The second-order valence-corrected chi connectivity index (χ2v) is 10.5. The van der Waals surface area contributed by atoms with Gasteiger partial charge in [0.1, 0.15) is 16.6 Å². The number of carbonyl (C=O) groups is 1. The topological polar surface area (TPSA) is 93.7 Å². The highest BCUT2D eigenvalue weighted by Gasteiger charge is 2.19. The lowest BCUT2D eigenvalue weighted by molar-refractivity contribution is 0.0682. The van der Waals surface area contributed by atoms with Gasteiger partial charge in [0, 0.05) is 22.9 Å². The summed E-state index contributed by atoms with van der Waals surface area (Å²) in [5.41, 5.74) is 0.985. The number of hydrogen-bond donors (Lipinski definition) is 2. The summed E-state index contributed by atoms with van der Waals surface area (Å²) >= 11 is 7.23. The minimum atomic E-state index is -3.71. The minimum absolute atomic E-state index is 0.0299. The van der Waals surface area contributed by atoms with Crippen LogP contribution in [0.25, 0.3) is 0 Å². The Labute approximate surface area is 195 Å².